The number of aromatic nitrogens is 1. The summed E-state index contributed by atoms with van der Waals surface area (Å²) < 4.78 is 4.88. The highest BCUT2D eigenvalue weighted by Gasteiger charge is 2.08. The third-order valence-electron chi connectivity index (χ3n) is 2.33. The van der Waals surface area contributed by atoms with E-state index in [1.54, 1.807) is 31.5 Å². The zero-order chi connectivity index (χ0) is 12.5. The van der Waals surface area contributed by atoms with Crippen LogP contribution in [0.4, 0.5) is 0 Å². The summed E-state index contributed by atoms with van der Waals surface area (Å²) in [5.41, 5.74) is 1.03. The van der Waals surface area contributed by atoms with Gasteiger partial charge in [0.1, 0.15) is 0 Å². The summed E-state index contributed by atoms with van der Waals surface area (Å²) in [6, 6.07) is 3.82. The molecule has 1 heterocycles. The lowest BCUT2D eigenvalue weighted by molar-refractivity contribution is -0.129. The SMILES string of the molecule is COCCNCC(=O)N(C)Cc1cccnc1.Cl.Cl. The van der Waals surface area contributed by atoms with Crippen LogP contribution in [-0.4, -0.2) is 49.6 Å². The van der Waals surface area contributed by atoms with Gasteiger partial charge in [0.05, 0.1) is 13.2 Å². The van der Waals surface area contributed by atoms with E-state index >= 15 is 0 Å². The number of amides is 1. The number of carbonyl (C=O) groups is 1. The number of nitrogens with zero attached hydrogens (tertiary/aromatic N) is 2. The van der Waals surface area contributed by atoms with E-state index in [2.05, 4.69) is 10.3 Å². The van der Waals surface area contributed by atoms with Crippen molar-refractivity contribution in [1.29, 1.82) is 0 Å². The monoisotopic (exact) mass is 309 g/mol. The van der Waals surface area contributed by atoms with Crippen molar-refractivity contribution in [3.8, 4) is 0 Å². The molecule has 0 saturated carbocycles. The van der Waals surface area contributed by atoms with Crippen molar-refractivity contribution in [2.24, 2.45) is 0 Å². The highest BCUT2D eigenvalue weighted by Crippen LogP contribution is 2.00. The standard InChI is InChI=1S/C12H19N3O2.2ClH/c1-15(10-11-4-3-5-13-8-11)12(16)9-14-6-7-17-2;;/h3-5,8,14H,6-7,9-10H2,1-2H3;2*1H. The van der Waals surface area contributed by atoms with Crippen LogP contribution < -0.4 is 5.32 Å². The minimum atomic E-state index is 0. The lowest BCUT2D eigenvalue weighted by atomic mass is 10.2. The summed E-state index contributed by atoms with van der Waals surface area (Å²) >= 11 is 0. The van der Waals surface area contributed by atoms with E-state index in [9.17, 15) is 4.79 Å². The van der Waals surface area contributed by atoms with Gasteiger partial charge in [-0.15, -0.1) is 24.8 Å². The Morgan fingerprint density at radius 1 is 1.47 bits per heavy atom. The van der Waals surface area contributed by atoms with Crippen LogP contribution >= 0.6 is 24.8 Å². The van der Waals surface area contributed by atoms with Gasteiger partial charge >= 0.3 is 0 Å². The van der Waals surface area contributed by atoms with Crippen LogP contribution in [-0.2, 0) is 16.1 Å². The predicted octanol–water partition coefficient (Wildman–Crippen LogP) is 1.12. The fourth-order valence-electron chi connectivity index (χ4n) is 1.36. The van der Waals surface area contributed by atoms with Gasteiger partial charge in [0, 0.05) is 39.6 Å². The molecule has 1 aromatic rings. The maximum atomic E-state index is 11.7. The Morgan fingerprint density at radius 2 is 2.21 bits per heavy atom. The molecule has 110 valence electrons. The Labute approximate surface area is 126 Å². The third-order valence-corrected chi connectivity index (χ3v) is 2.33. The molecule has 1 amide bonds. The van der Waals surface area contributed by atoms with Crippen LogP contribution in [0.5, 0.6) is 0 Å². The van der Waals surface area contributed by atoms with E-state index in [0.717, 1.165) is 5.56 Å². The Bertz CT molecular complexity index is 339. The van der Waals surface area contributed by atoms with E-state index in [1.165, 1.54) is 0 Å². The van der Waals surface area contributed by atoms with Crippen molar-refractivity contribution in [2.45, 2.75) is 6.54 Å². The maximum absolute atomic E-state index is 11.7. The van der Waals surface area contributed by atoms with Crippen molar-refractivity contribution in [3.63, 3.8) is 0 Å². The van der Waals surface area contributed by atoms with Gasteiger partial charge in [-0.1, -0.05) is 6.07 Å². The normalized spacial score (nSPS) is 9.16. The summed E-state index contributed by atoms with van der Waals surface area (Å²) in [6.45, 7) is 2.21. The molecule has 0 saturated heterocycles. The molecule has 19 heavy (non-hydrogen) atoms. The number of methoxy groups -OCH3 is 1. The second-order valence-electron chi connectivity index (χ2n) is 3.78. The molecular formula is C12H21Cl2N3O2. The topological polar surface area (TPSA) is 54.5 Å². The molecule has 5 nitrogen and oxygen atoms in total. The molecule has 0 bridgehead atoms. The van der Waals surface area contributed by atoms with Crippen molar-refractivity contribution < 1.29 is 9.53 Å². The number of nitrogens with one attached hydrogen (secondary N) is 1. The molecule has 0 aliphatic heterocycles. The van der Waals surface area contributed by atoms with E-state index < -0.39 is 0 Å². The zero-order valence-electron chi connectivity index (χ0n) is 11.2. The molecule has 0 aliphatic rings. The fraction of sp³-hybridized carbons (Fsp3) is 0.500. The second kappa shape index (κ2) is 12.2. The highest BCUT2D eigenvalue weighted by atomic mass is 35.5. The number of carbonyl (C=O) groups excluding carboxylic acids is 1. The molecule has 0 spiro atoms. The lowest BCUT2D eigenvalue weighted by Crippen LogP contribution is -2.36. The molecule has 0 unspecified atom stereocenters. The molecule has 1 aromatic heterocycles. The molecule has 7 heteroatoms. The van der Waals surface area contributed by atoms with E-state index in [-0.39, 0.29) is 30.7 Å². The van der Waals surface area contributed by atoms with Crippen LogP contribution in [0.25, 0.3) is 0 Å². The quantitative estimate of drug-likeness (QED) is 0.767. The largest absolute Gasteiger partial charge is 0.383 e. The Morgan fingerprint density at radius 3 is 2.79 bits per heavy atom. The van der Waals surface area contributed by atoms with Gasteiger partial charge in [-0.3, -0.25) is 9.78 Å². The average molecular weight is 310 g/mol. The molecule has 1 N–H and O–H groups in total. The second-order valence-corrected chi connectivity index (χ2v) is 3.78. The summed E-state index contributed by atoms with van der Waals surface area (Å²) in [5, 5.41) is 3.02. The maximum Gasteiger partial charge on any atom is 0.236 e. The minimum Gasteiger partial charge on any atom is -0.383 e. The summed E-state index contributed by atoms with van der Waals surface area (Å²) in [7, 11) is 3.42. The van der Waals surface area contributed by atoms with E-state index in [4.69, 9.17) is 4.74 Å². The number of likely N-dealkylation sites (N-methyl/N-ethyl adjacent to an activating group) is 1. The number of hydrogen-bond donors (Lipinski definition) is 1. The lowest BCUT2D eigenvalue weighted by Gasteiger charge is -2.17. The molecular weight excluding hydrogens is 289 g/mol. The van der Waals surface area contributed by atoms with Gasteiger partial charge in [0.25, 0.3) is 0 Å². The average Bonchev–Trinajstić information content (AvgIpc) is 2.35. The first kappa shape index (κ1) is 20.4. The first-order chi connectivity index (χ1) is 8.24. The van der Waals surface area contributed by atoms with Crippen molar-refractivity contribution in [2.75, 3.05) is 33.9 Å². The first-order valence-electron chi connectivity index (χ1n) is 5.56. The molecule has 0 aliphatic carbocycles. The predicted molar refractivity (Wildman–Crippen MR) is 80.0 cm³/mol. The molecule has 0 radical (unpaired) electrons. The van der Waals surface area contributed by atoms with Crippen LogP contribution in [0.15, 0.2) is 24.5 Å². The molecule has 0 fully saturated rings. The van der Waals surface area contributed by atoms with Crippen LogP contribution in [0.1, 0.15) is 5.56 Å². The zero-order valence-corrected chi connectivity index (χ0v) is 12.8. The number of rotatable bonds is 7. The van der Waals surface area contributed by atoms with Gasteiger partial charge < -0.3 is 15.0 Å². The molecule has 1 rings (SSSR count). The Balaban J connectivity index is 0. The smallest absolute Gasteiger partial charge is 0.236 e. The van der Waals surface area contributed by atoms with Gasteiger partial charge in [-0.2, -0.15) is 0 Å². The van der Waals surface area contributed by atoms with Gasteiger partial charge in [0.15, 0.2) is 0 Å². The van der Waals surface area contributed by atoms with Crippen molar-refractivity contribution in [3.05, 3.63) is 30.1 Å². The summed E-state index contributed by atoms with van der Waals surface area (Å²) in [5.74, 6) is 0.0601. The molecule has 0 aromatic carbocycles. The van der Waals surface area contributed by atoms with Gasteiger partial charge in [-0.25, -0.2) is 0 Å². The number of ether oxygens (including phenoxy) is 1. The highest BCUT2D eigenvalue weighted by molar-refractivity contribution is 5.85. The minimum absolute atomic E-state index is 0. The van der Waals surface area contributed by atoms with Gasteiger partial charge in [0.2, 0.25) is 5.91 Å². The molecule has 0 atom stereocenters. The summed E-state index contributed by atoms with van der Waals surface area (Å²) in [4.78, 5) is 17.4. The number of halogens is 2. The Kier molecular flexibility index (Phi) is 13.1. The van der Waals surface area contributed by atoms with Crippen molar-refractivity contribution in [1.82, 2.24) is 15.2 Å². The fourth-order valence-corrected chi connectivity index (χ4v) is 1.36. The summed E-state index contributed by atoms with van der Waals surface area (Å²) in [6.07, 6.45) is 3.49. The van der Waals surface area contributed by atoms with Gasteiger partial charge in [-0.05, 0) is 11.6 Å². The Hall–Kier alpha value is -0.880. The van der Waals surface area contributed by atoms with Crippen LogP contribution in [0.3, 0.4) is 0 Å². The number of pyridine rings is 1. The van der Waals surface area contributed by atoms with Crippen molar-refractivity contribution >= 4 is 30.7 Å². The van der Waals surface area contributed by atoms with Crippen LogP contribution in [0.2, 0.25) is 0 Å². The first-order valence-corrected chi connectivity index (χ1v) is 5.56. The van der Waals surface area contributed by atoms with Crippen LogP contribution in [0, 0.1) is 0 Å². The number of hydrogen-bond acceptors (Lipinski definition) is 4. The third kappa shape index (κ3) is 8.77. The van der Waals surface area contributed by atoms with E-state index in [0.29, 0.717) is 26.2 Å². The van der Waals surface area contributed by atoms with E-state index in [1.807, 2.05) is 12.1 Å².